The minimum atomic E-state index is -0.426. The molecule has 3 rings (SSSR count). The van der Waals surface area contributed by atoms with E-state index in [1.807, 2.05) is 24.0 Å². The number of pyridine rings is 1. The van der Waals surface area contributed by atoms with Crippen LogP contribution in [0.2, 0.25) is 5.02 Å². The van der Waals surface area contributed by atoms with Gasteiger partial charge < -0.3 is 10.2 Å². The Kier molecular flexibility index (Phi) is 4.80. The zero-order valence-corrected chi connectivity index (χ0v) is 14.0. The fourth-order valence-electron chi connectivity index (χ4n) is 2.85. The quantitative estimate of drug-likeness (QED) is 0.886. The summed E-state index contributed by atoms with van der Waals surface area (Å²) in [5.74, 6) is 0.274. The number of aryl methyl sites for hydroxylation is 1. The van der Waals surface area contributed by atoms with Crippen LogP contribution in [0.4, 0.5) is 11.5 Å². The fourth-order valence-corrected chi connectivity index (χ4v) is 3.06. The molecule has 3 heterocycles. The van der Waals surface area contributed by atoms with Gasteiger partial charge in [0.05, 0.1) is 17.8 Å². The highest BCUT2D eigenvalue weighted by Gasteiger charge is 2.27. The third-order valence-corrected chi connectivity index (χ3v) is 4.41. The molecule has 1 fully saturated rings. The van der Waals surface area contributed by atoms with Gasteiger partial charge in [-0.15, -0.1) is 0 Å². The highest BCUT2D eigenvalue weighted by atomic mass is 35.5. The number of nitrogens with zero attached hydrogens (tertiary/aromatic N) is 3. The van der Waals surface area contributed by atoms with Crippen LogP contribution in [0, 0.1) is 12.8 Å². The second-order valence-corrected chi connectivity index (χ2v) is 6.21. The summed E-state index contributed by atoms with van der Waals surface area (Å²) in [5.41, 5.74) is 0.982. The molecule has 0 radical (unpaired) electrons. The molecule has 0 bridgehead atoms. The number of carbonyl (C=O) groups excluding carboxylic acids is 1. The molecule has 0 saturated carbocycles. The molecule has 1 aliphatic heterocycles. The number of hydrogen-bond acceptors (Lipinski definition) is 5. The number of rotatable bonds is 3. The molecule has 1 aliphatic rings. The van der Waals surface area contributed by atoms with Gasteiger partial charge in [0.15, 0.2) is 0 Å². The van der Waals surface area contributed by atoms with Gasteiger partial charge in [0, 0.05) is 18.8 Å². The molecule has 2 aromatic rings. The monoisotopic (exact) mass is 347 g/mol. The van der Waals surface area contributed by atoms with Gasteiger partial charge in [-0.25, -0.2) is 10.1 Å². The number of nitrogens with one attached hydrogen (secondary N) is 2. The maximum Gasteiger partial charge on any atom is 0.285 e. The van der Waals surface area contributed by atoms with Crippen molar-refractivity contribution in [2.75, 3.05) is 23.3 Å². The minimum Gasteiger partial charge on any atom is -0.368 e. The number of hydrogen-bond donors (Lipinski definition) is 2. The van der Waals surface area contributed by atoms with E-state index in [-0.39, 0.29) is 16.8 Å². The molecule has 0 unspecified atom stereocenters. The van der Waals surface area contributed by atoms with Crippen molar-refractivity contribution < 1.29 is 4.79 Å². The fraction of sp³-hybridized carbons (Fsp3) is 0.375. The summed E-state index contributed by atoms with van der Waals surface area (Å²) >= 11 is 6.07. The van der Waals surface area contributed by atoms with Crippen molar-refractivity contribution in [1.29, 1.82) is 0 Å². The van der Waals surface area contributed by atoms with Crippen LogP contribution in [0.1, 0.15) is 18.5 Å². The van der Waals surface area contributed by atoms with E-state index in [1.54, 1.807) is 6.07 Å². The zero-order chi connectivity index (χ0) is 17.1. The Morgan fingerprint density at radius 3 is 3.08 bits per heavy atom. The summed E-state index contributed by atoms with van der Waals surface area (Å²) in [4.78, 5) is 30.3. The van der Waals surface area contributed by atoms with Gasteiger partial charge >= 0.3 is 0 Å². The number of anilines is 2. The molecule has 1 saturated heterocycles. The molecule has 0 spiro atoms. The second kappa shape index (κ2) is 7.00. The number of piperidine rings is 1. The highest BCUT2D eigenvalue weighted by molar-refractivity contribution is 6.33. The molecular formula is C16H18ClN5O2. The van der Waals surface area contributed by atoms with E-state index in [2.05, 4.69) is 20.5 Å². The van der Waals surface area contributed by atoms with Gasteiger partial charge in [-0.05, 0) is 31.9 Å². The lowest BCUT2D eigenvalue weighted by Gasteiger charge is -2.33. The van der Waals surface area contributed by atoms with Gasteiger partial charge in [0.25, 0.3) is 5.56 Å². The van der Waals surface area contributed by atoms with Crippen molar-refractivity contribution in [2.45, 2.75) is 19.8 Å². The third kappa shape index (κ3) is 3.56. The first-order valence-corrected chi connectivity index (χ1v) is 8.15. The van der Waals surface area contributed by atoms with Crippen molar-refractivity contribution in [3.8, 4) is 0 Å². The lowest BCUT2D eigenvalue weighted by Crippen LogP contribution is -2.41. The van der Waals surface area contributed by atoms with E-state index in [4.69, 9.17) is 11.6 Å². The van der Waals surface area contributed by atoms with Crippen LogP contribution in [0.3, 0.4) is 0 Å². The predicted octanol–water partition coefficient (Wildman–Crippen LogP) is 1.98. The van der Waals surface area contributed by atoms with Crippen molar-refractivity contribution in [2.24, 2.45) is 5.92 Å². The van der Waals surface area contributed by atoms with E-state index in [9.17, 15) is 9.59 Å². The molecule has 8 heteroatoms. The molecule has 1 amide bonds. The number of halogens is 1. The summed E-state index contributed by atoms with van der Waals surface area (Å²) in [6.07, 6.45) is 3.14. The number of aromatic amines is 1. The average Bonchev–Trinajstić information content (AvgIpc) is 2.57. The molecule has 2 aromatic heterocycles. The molecular weight excluding hydrogens is 330 g/mol. The molecule has 0 aliphatic carbocycles. The van der Waals surface area contributed by atoms with Crippen LogP contribution in [0.25, 0.3) is 0 Å². The maximum atomic E-state index is 12.5. The first-order chi connectivity index (χ1) is 11.5. The standard InChI is InChI=1S/C16H18ClN5O2/c1-10-4-2-6-13(19-10)20-15(23)11-5-3-7-22(9-11)12-8-18-21-16(24)14(12)17/h2,4,6,8,11H,3,5,7,9H2,1H3,(H,21,24)(H,19,20,23)/t11-/m0/s1. The van der Waals surface area contributed by atoms with E-state index in [1.165, 1.54) is 6.20 Å². The zero-order valence-electron chi connectivity index (χ0n) is 13.3. The normalized spacial score (nSPS) is 17.6. The first-order valence-electron chi connectivity index (χ1n) is 7.77. The van der Waals surface area contributed by atoms with Crippen molar-refractivity contribution in [3.63, 3.8) is 0 Å². The summed E-state index contributed by atoms with van der Waals surface area (Å²) < 4.78 is 0. The Bertz CT molecular complexity index is 807. The average molecular weight is 348 g/mol. The van der Waals surface area contributed by atoms with E-state index < -0.39 is 5.56 Å². The molecule has 24 heavy (non-hydrogen) atoms. The Morgan fingerprint density at radius 2 is 2.29 bits per heavy atom. The summed E-state index contributed by atoms with van der Waals surface area (Å²) in [6.45, 7) is 3.10. The minimum absolute atomic E-state index is 0.0771. The Morgan fingerprint density at radius 1 is 1.46 bits per heavy atom. The number of amides is 1. The van der Waals surface area contributed by atoms with E-state index >= 15 is 0 Å². The summed E-state index contributed by atoms with van der Waals surface area (Å²) in [7, 11) is 0. The maximum absolute atomic E-state index is 12.5. The summed E-state index contributed by atoms with van der Waals surface area (Å²) in [5, 5.41) is 9.05. The largest absolute Gasteiger partial charge is 0.368 e. The SMILES string of the molecule is Cc1cccc(NC(=O)[C@H]2CCCN(c3cn[nH]c(=O)c3Cl)C2)n1. The summed E-state index contributed by atoms with van der Waals surface area (Å²) in [6, 6.07) is 5.50. The second-order valence-electron chi connectivity index (χ2n) is 5.84. The van der Waals surface area contributed by atoms with Gasteiger partial charge in [-0.3, -0.25) is 9.59 Å². The van der Waals surface area contributed by atoms with E-state index in [0.717, 1.165) is 25.1 Å². The topological polar surface area (TPSA) is 91.0 Å². The van der Waals surface area contributed by atoms with Crippen LogP contribution in [-0.2, 0) is 4.79 Å². The molecule has 2 N–H and O–H groups in total. The van der Waals surface area contributed by atoms with Crippen molar-refractivity contribution in [3.05, 3.63) is 45.5 Å². The third-order valence-electron chi connectivity index (χ3n) is 4.05. The molecule has 7 nitrogen and oxygen atoms in total. The van der Waals surface area contributed by atoms with Crippen LogP contribution in [-0.4, -0.2) is 34.2 Å². The van der Waals surface area contributed by atoms with Crippen LogP contribution >= 0.6 is 11.6 Å². The Labute approximate surface area is 144 Å². The van der Waals surface area contributed by atoms with Gasteiger partial charge in [-0.2, -0.15) is 5.10 Å². The van der Waals surface area contributed by atoms with Crippen molar-refractivity contribution in [1.82, 2.24) is 15.2 Å². The number of H-pyrrole nitrogens is 1. The predicted molar refractivity (Wildman–Crippen MR) is 92.4 cm³/mol. The van der Waals surface area contributed by atoms with Gasteiger partial charge in [-0.1, -0.05) is 17.7 Å². The number of carbonyl (C=O) groups is 1. The Hall–Kier alpha value is -2.41. The highest BCUT2D eigenvalue weighted by Crippen LogP contribution is 2.27. The van der Waals surface area contributed by atoms with Crippen LogP contribution in [0.15, 0.2) is 29.2 Å². The van der Waals surface area contributed by atoms with Crippen LogP contribution in [0.5, 0.6) is 0 Å². The van der Waals surface area contributed by atoms with Gasteiger partial charge in [0.2, 0.25) is 5.91 Å². The molecule has 126 valence electrons. The Balaban J connectivity index is 1.72. The smallest absolute Gasteiger partial charge is 0.285 e. The van der Waals surface area contributed by atoms with Crippen LogP contribution < -0.4 is 15.8 Å². The van der Waals surface area contributed by atoms with Gasteiger partial charge in [0.1, 0.15) is 10.8 Å². The van der Waals surface area contributed by atoms with Crippen molar-refractivity contribution >= 4 is 29.0 Å². The molecule has 1 atom stereocenters. The lowest BCUT2D eigenvalue weighted by atomic mass is 9.97. The first kappa shape index (κ1) is 16.4. The number of aromatic nitrogens is 3. The molecule has 0 aromatic carbocycles. The van der Waals surface area contributed by atoms with E-state index in [0.29, 0.717) is 18.1 Å². The lowest BCUT2D eigenvalue weighted by molar-refractivity contribution is -0.120.